The standard InChI is InChI=1S/C22H21Cl/c1-16-8-13-21(23)15-22(16)17(2)14-18-9-11-20(12-10-18)19-6-4-3-5-7-19/h3-4,6,8-13,15H,2,5,7,14H2,1H3. The molecular weight excluding hydrogens is 300 g/mol. The van der Waals surface area contributed by atoms with E-state index < -0.39 is 0 Å². The first-order chi connectivity index (χ1) is 11.1. The molecule has 3 rings (SSSR count). The summed E-state index contributed by atoms with van der Waals surface area (Å²) in [7, 11) is 0. The zero-order valence-corrected chi connectivity index (χ0v) is 14.2. The number of halogens is 1. The van der Waals surface area contributed by atoms with Crippen LogP contribution in [0.1, 0.15) is 35.1 Å². The molecule has 0 saturated carbocycles. The van der Waals surface area contributed by atoms with Crippen LogP contribution in [0, 0.1) is 6.92 Å². The molecule has 0 atom stereocenters. The topological polar surface area (TPSA) is 0 Å². The molecule has 1 heteroatoms. The lowest BCUT2D eigenvalue weighted by molar-refractivity contribution is 1.05. The van der Waals surface area contributed by atoms with Gasteiger partial charge < -0.3 is 0 Å². The molecule has 0 aliphatic heterocycles. The maximum absolute atomic E-state index is 6.12. The van der Waals surface area contributed by atoms with Gasteiger partial charge in [-0.1, -0.05) is 66.7 Å². The van der Waals surface area contributed by atoms with Crippen LogP contribution in [-0.4, -0.2) is 0 Å². The monoisotopic (exact) mass is 320 g/mol. The van der Waals surface area contributed by atoms with Gasteiger partial charge >= 0.3 is 0 Å². The fourth-order valence-corrected chi connectivity index (χ4v) is 3.17. The highest BCUT2D eigenvalue weighted by atomic mass is 35.5. The normalized spacial score (nSPS) is 13.7. The van der Waals surface area contributed by atoms with Gasteiger partial charge in [0.05, 0.1) is 0 Å². The molecule has 0 bridgehead atoms. The van der Waals surface area contributed by atoms with Crippen molar-refractivity contribution in [3.63, 3.8) is 0 Å². The van der Waals surface area contributed by atoms with Gasteiger partial charge in [0.1, 0.15) is 0 Å². The lowest BCUT2D eigenvalue weighted by atomic mass is 9.93. The fourth-order valence-electron chi connectivity index (χ4n) is 3.00. The van der Waals surface area contributed by atoms with E-state index in [9.17, 15) is 0 Å². The molecule has 0 saturated heterocycles. The number of hydrogen-bond acceptors (Lipinski definition) is 0. The van der Waals surface area contributed by atoms with Crippen LogP contribution in [0.2, 0.25) is 5.02 Å². The Labute approximate surface area is 143 Å². The highest BCUT2D eigenvalue weighted by molar-refractivity contribution is 6.30. The fraction of sp³-hybridized carbons (Fsp3) is 0.182. The van der Waals surface area contributed by atoms with Gasteiger partial charge in [-0.15, -0.1) is 0 Å². The zero-order chi connectivity index (χ0) is 16.2. The van der Waals surface area contributed by atoms with Crippen molar-refractivity contribution in [1.29, 1.82) is 0 Å². The minimum atomic E-state index is 0.763. The summed E-state index contributed by atoms with van der Waals surface area (Å²) in [4.78, 5) is 0. The third kappa shape index (κ3) is 3.83. The van der Waals surface area contributed by atoms with E-state index >= 15 is 0 Å². The molecule has 0 N–H and O–H groups in total. The highest BCUT2D eigenvalue weighted by Crippen LogP contribution is 2.27. The van der Waals surface area contributed by atoms with E-state index in [0.29, 0.717) is 0 Å². The van der Waals surface area contributed by atoms with Gasteiger partial charge in [0, 0.05) is 5.02 Å². The van der Waals surface area contributed by atoms with E-state index in [1.165, 1.54) is 22.3 Å². The Morgan fingerprint density at radius 1 is 1.13 bits per heavy atom. The predicted octanol–water partition coefficient (Wildman–Crippen LogP) is 6.64. The van der Waals surface area contributed by atoms with Gasteiger partial charge in [-0.25, -0.2) is 0 Å². The molecule has 0 amide bonds. The van der Waals surface area contributed by atoms with Gasteiger partial charge in [-0.05, 0) is 71.7 Å². The Morgan fingerprint density at radius 2 is 1.91 bits per heavy atom. The van der Waals surface area contributed by atoms with E-state index in [2.05, 4.69) is 62.1 Å². The second kappa shape index (κ2) is 7.02. The van der Waals surface area contributed by atoms with Gasteiger partial charge in [0.25, 0.3) is 0 Å². The summed E-state index contributed by atoms with van der Waals surface area (Å²) in [6, 6.07) is 14.8. The van der Waals surface area contributed by atoms with Gasteiger partial charge in [-0.2, -0.15) is 0 Å². The molecule has 23 heavy (non-hydrogen) atoms. The van der Waals surface area contributed by atoms with Crippen LogP contribution in [0.5, 0.6) is 0 Å². The molecule has 0 spiro atoms. The Balaban J connectivity index is 1.75. The summed E-state index contributed by atoms with van der Waals surface area (Å²) in [5, 5.41) is 0.763. The molecule has 0 nitrogen and oxygen atoms in total. The first-order valence-electron chi connectivity index (χ1n) is 8.03. The maximum Gasteiger partial charge on any atom is 0.0412 e. The first kappa shape index (κ1) is 15.8. The van der Waals surface area contributed by atoms with Crippen molar-refractivity contribution in [2.75, 3.05) is 0 Å². The van der Waals surface area contributed by atoms with Crippen molar-refractivity contribution in [1.82, 2.24) is 0 Å². The Bertz CT molecular complexity index is 776. The zero-order valence-electron chi connectivity index (χ0n) is 13.5. The summed E-state index contributed by atoms with van der Waals surface area (Å²) < 4.78 is 0. The molecule has 0 fully saturated rings. The second-order valence-corrected chi connectivity index (χ2v) is 6.53. The average Bonchev–Trinajstić information content (AvgIpc) is 2.58. The number of aryl methyl sites for hydroxylation is 1. The summed E-state index contributed by atoms with van der Waals surface area (Å²) in [5.74, 6) is 0. The minimum absolute atomic E-state index is 0.763. The molecule has 2 aromatic carbocycles. The summed E-state index contributed by atoms with van der Waals surface area (Å²) in [6.45, 7) is 6.36. The predicted molar refractivity (Wildman–Crippen MR) is 102 cm³/mol. The third-order valence-electron chi connectivity index (χ3n) is 4.34. The number of hydrogen-bond donors (Lipinski definition) is 0. The third-order valence-corrected chi connectivity index (χ3v) is 4.57. The summed E-state index contributed by atoms with van der Waals surface area (Å²) in [5.41, 5.74) is 7.51. The molecule has 0 aromatic heterocycles. The van der Waals surface area contributed by atoms with E-state index in [-0.39, 0.29) is 0 Å². The van der Waals surface area contributed by atoms with Gasteiger partial charge in [0.2, 0.25) is 0 Å². The molecule has 0 unspecified atom stereocenters. The molecule has 1 aliphatic rings. The van der Waals surface area contributed by atoms with Crippen LogP contribution in [-0.2, 0) is 6.42 Å². The van der Waals surface area contributed by atoms with Crippen molar-refractivity contribution in [2.24, 2.45) is 0 Å². The van der Waals surface area contributed by atoms with Crippen molar-refractivity contribution in [2.45, 2.75) is 26.2 Å². The molecule has 0 radical (unpaired) electrons. The largest absolute Gasteiger partial charge is 0.0949 e. The van der Waals surface area contributed by atoms with E-state index in [0.717, 1.165) is 35.4 Å². The summed E-state index contributed by atoms with van der Waals surface area (Å²) >= 11 is 6.12. The van der Waals surface area contributed by atoms with Crippen molar-refractivity contribution >= 4 is 22.7 Å². The second-order valence-electron chi connectivity index (χ2n) is 6.10. The minimum Gasteiger partial charge on any atom is -0.0949 e. The number of allylic oxidation sites excluding steroid dienone is 5. The quantitative estimate of drug-likeness (QED) is 0.592. The van der Waals surface area contributed by atoms with Crippen LogP contribution in [0.3, 0.4) is 0 Å². The average molecular weight is 321 g/mol. The Morgan fingerprint density at radius 3 is 2.61 bits per heavy atom. The van der Waals surface area contributed by atoms with Gasteiger partial charge in [-0.3, -0.25) is 0 Å². The van der Waals surface area contributed by atoms with Crippen LogP contribution >= 0.6 is 11.6 Å². The van der Waals surface area contributed by atoms with Crippen molar-refractivity contribution in [3.05, 3.63) is 94.5 Å². The molecule has 0 heterocycles. The van der Waals surface area contributed by atoms with Crippen molar-refractivity contribution in [3.8, 4) is 0 Å². The van der Waals surface area contributed by atoms with E-state index in [1.807, 2.05) is 12.1 Å². The Hall–Kier alpha value is -2.05. The van der Waals surface area contributed by atoms with Crippen LogP contribution < -0.4 is 0 Å². The van der Waals surface area contributed by atoms with Crippen LogP contribution in [0.15, 0.2) is 67.3 Å². The van der Waals surface area contributed by atoms with Crippen molar-refractivity contribution < 1.29 is 0 Å². The Kier molecular flexibility index (Phi) is 4.83. The smallest absolute Gasteiger partial charge is 0.0412 e. The molecular formula is C22H21Cl. The lowest BCUT2D eigenvalue weighted by Crippen LogP contribution is -1.94. The van der Waals surface area contributed by atoms with E-state index in [1.54, 1.807) is 0 Å². The molecule has 116 valence electrons. The van der Waals surface area contributed by atoms with Crippen LogP contribution in [0.4, 0.5) is 0 Å². The molecule has 2 aromatic rings. The van der Waals surface area contributed by atoms with E-state index in [4.69, 9.17) is 11.6 Å². The SMILES string of the molecule is C=C(Cc1ccc(C2=CC=CCC2)cc1)c1cc(Cl)ccc1C. The maximum atomic E-state index is 6.12. The number of benzene rings is 2. The number of rotatable bonds is 4. The first-order valence-corrected chi connectivity index (χ1v) is 8.40. The lowest BCUT2D eigenvalue weighted by Gasteiger charge is -2.12. The highest BCUT2D eigenvalue weighted by Gasteiger charge is 2.07. The van der Waals surface area contributed by atoms with Crippen LogP contribution in [0.25, 0.3) is 11.1 Å². The summed E-state index contributed by atoms with van der Waals surface area (Å²) in [6.07, 6.45) is 9.70. The van der Waals surface area contributed by atoms with Gasteiger partial charge in [0.15, 0.2) is 0 Å². The molecule has 1 aliphatic carbocycles.